The maximum absolute atomic E-state index is 12.6. The Kier molecular flexibility index (Phi) is 1.90. The van der Waals surface area contributed by atoms with Gasteiger partial charge < -0.3 is 5.21 Å². The molecule has 0 aromatic carbocycles. The predicted octanol–water partition coefficient (Wildman–Crippen LogP) is 3.39. The summed E-state index contributed by atoms with van der Waals surface area (Å²) in [7, 11) is 0. The summed E-state index contributed by atoms with van der Waals surface area (Å²) >= 11 is 0. The highest BCUT2D eigenvalue weighted by atomic mass is 16.5. The van der Waals surface area contributed by atoms with Crippen molar-refractivity contribution in [1.82, 2.24) is 0 Å². The molecular formula is C16H24N4O. The summed E-state index contributed by atoms with van der Waals surface area (Å²) in [5.41, 5.74) is -0.361. The number of nitrogens with zero attached hydrogens (tertiary/aromatic N) is 4. The molecule has 0 unspecified atom stereocenters. The highest BCUT2D eigenvalue weighted by Crippen LogP contribution is 2.73. The predicted molar refractivity (Wildman–Crippen MR) is 76.9 cm³/mol. The van der Waals surface area contributed by atoms with Crippen molar-refractivity contribution < 1.29 is 4.86 Å². The Morgan fingerprint density at radius 3 is 2.29 bits per heavy atom. The second kappa shape index (κ2) is 3.18. The molecule has 3 heterocycles. The largest absolute Gasteiger partial charge is 0.600 e. The molecule has 3 saturated carbocycles. The molecule has 5 heteroatoms. The van der Waals surface area contributed by atoms with Gasteiger partial charge in [0.2, 0.25) is 0 Å². The molecule has 5 nitrogen and oxygen atoms in total. The highest BCUT2D eigenvalue weighted by Gasteiger charge is 2.82. The van der Waals surface area contributed by atoms with Crippen LogP contribution in [0.2, 0.25) is 0 Å². The Morgan fingerprint density at radius 2 is 1.57 bits per heavy atom. The zero-order valence-electron chi connectivity index (χ0n) is 13.3. The van der Waals surface area contributed by atoms with Gasteiger partial charge in [0.25, 0.3) is 0 Å². The van der Waals surface area contributed by atoms with Gasteiger partial charge in [0.1, 0.15) is 6.04 Å². The van der Waals surface area contributed by atoms with Crippen molar-refractivity contribution in [2.75, 3.05) is 0 Å². The molecule has 6 aliphatic rings. The average molecular weight is 288 g/mol. The number of hydrogen-bond donors (Lipinski definition) is 0. The quantitative estimate of drug-likeness (QED) is 0.498. The van der Waals surface area contributed by atoms with Crippen molar-refractivity contribution in [2.24, 2.45) is 44.4 Å². The molecule has 0 aromatic heterocycles. The monoisotopic (exact) mass is 288 g/mol. The molecule has 0 radical (unpaired) electrons. The lowest BCUT2D eigenvalue weighted by atomic mass is 9.58. The summed E-state index contributed by atoms with van der Waals surface area (Å²) in [5.74, 6) is 1.89. The van der Waals surface area contributed by atoms with E-state index in [9.17, 15) is 5.21 Å². The van der Waals surface area contributed by atoms with Crippen LogP contribution in [0.25, 0.3) is 0 Å². The SMILES string of the molecule is CC1(C)[C@@]2(C)N=N[C@]1(C)[C@@H]1[C@H]3[C@@H]4CCC[C@@H]4[C@H](N=[N+]3[O-])[C@@H]12. The normalized spacial score (nSPS) is 61.8. The smallest absolute Gasteiger partial charge is 0.198 e. The van der Waals surface area contributed by atoms with Crippen molar-refractivity contribution >= 4 is 0 Å². The second-order valence-electron chi connectivity index (χ2n) is 8.83. The first-order valence-electron chi connectivity index (χ1n) is 8.44. The van der Waals surface area contributed by atoms with Gasteiger partial charge in [0, 0.05) is 17.3 Å². The Bertz CT molecular complexity index is 599. The number of azo groups is 2. The fraction of sp³-hybridized carbons (Fsp3) is 1.00. The Morgan fingerprint density at radius 1 is 0.952 bits per heavy atom. The van der Waals surface area contributed by atoms with Gasteiger partial charge >= 0.3 is 0 Å². The van der Waals surface area contributed by atoms with Crippen LogP contribution in [0.4, 0.5) is 0 Å². The highest BCUT2D eigenvalue weighted by molar-refractivity contribution is 5.32. The lowest BCUT2D eigenvalue weighted by Gasteiger charge is -2.51. The van der Waals surface area contributed by atoms with Gasteiger partial charge in [-0.1, -0.05) is 25.1 Å². The topological polar surface area (TPSA) is 63.1 Å². The number of hydrogen-bond acceptors (Lipinski definition) is 4. The van der Waals surface area contributed by atoms with Crippen LogP contribution in [-0.4, -0.2) is 28.0 Å². The third-order valence-corrected chi connectivity index (χ3v) is 8.42. The molecule has 0 spiro atoms. The van der Waals surface area contributed by atoms with E-state index in [-0.39, 0.29) is 28.6 Å². The number of fused-ring (bicyclic) bond motifs is 2. The minimum atomic E-state index is -0.207. The van der Waals surface area contributed by atoms with Crippen molar-refractivity contribution in [3.63, 3.8) is 0 Å². The van der Waals surface area contributed by atoms with E-state index in [1.165, 1.54) is 19.3 Å². The first-order valence-corrected chi connectivity index (χ1v) is 8.44. The molecule has 3 aliphatic carbocycles. The van der Waals surface area contributed by atoms with Gasteiger partial charge in [0.05, 0.1) is 17.0 Å². The summed E-state index contributed by atoms with van der Waals surface area (Å²) < 4.78 is 0. The van der Waals surface area contributed by atoms with Crippen LogP contribution >= 0.6 is 0 Å². The minimum Gasteiger partial charge on any atom is -0.600 e. The van der Waals surface area contributed by atoms with Crippen molar-refractivity contribution in [1.29, 1.82) is 0 Å². The Hall–Kier alpha value is -1.00. The summed E-state index contributed by atoms with van der Waals surface area (Å²) in [5, 5.41) is 26.6. The molecule has 8 atom stereocenters. The first kappa shape index (κ1) is 12.5. The lowest BCUT2D eigenvalue weighted by Crippen LogP contribution is -2.63. The zero-order chi connectivity index (χ0) is 14.8. The summed E-state index contributed by atoms with van der Waals surface area (Å²) in [6.07, 6.45) is 3.71. The Labute approximate surface area is 125 Å². The second-order valence-corrected chi connectivity index (χ2v) is 8.83. The van der Waals surface area contributed by atoms with Crippen LogP contribution in [0.15, 0.2) is 15.3 Å². The van der Waals surface area contributed by atoms with Gasteiger partial charge in [-0.15, -0.1) is 0 Å². The molecule has 3 aliphatic heterocycles. The van der Waals surface area contributed by atoms with Gasteiger partial charge in [-0.05, 0) is 37.7 Å². The molecule has 6 rings (SSSR count). The Balaban J connectivity index is 1.75. The molecule has 114 valence electrons. The van der Waals surface area contributed by atoms with E-state index in [2.05, 4.69) is 32.8 Å². The van der Waals surface area contributed by atoms with Crippen molar-refractivity contribution in [3.8, 4) is 0 Å². The minimum absolute atomic E-state index is 0.00513. The van der Waals surface area contributed by atoms with Crippen molar-refractivity contribution in [2.45, 2.75) is 70.1 Å². The summed E-state index contributed by atoms with van der Waals surface area (Å²) in [6, 6.07) is 0.216. The third-order valence-electron chi connectivity index (χ3n) is 8.42. The average Bonchev–Trinajstić information content (AvgIpc) is 3.01. The van der Waals surface area contributed by atoms with Gasteiger partial charge in [-0.2, -0.15) is 10.2 Å². The number of hydroxylamine groups is 1. The molecule has 0 amide bonds. The summed E-state index contributed by atoms with van der Waals surface area (Å²) in [6.45, 7) is 9.11. The van der Waals surface area contributed by atoms with Gasteiger partial charge in [-0.3, -0.25) is 0 Å². The maximum Gasteiger partial charge on any atom is 0.198 e. The van der Waals surface area contributed by atoms with Crippen LogP contribution in [0, 0.1) is 34.3 Å². The molecule has 0 N–H and O–H groups in total. The third kappa shape index (κ3) is 1.00. The summed E-state index contributed by atoms with van der Waals surface area (Å²) in [4.78, 5) is 1.08. The van der Waals surface area contributed by atoms with Gasteiger partial charge in [0.15, 0.2) is 6.04 Å². The van der Waals surface area contributed by atoms with Gasteiger partial charge in [-0.25, -0.2) is 0 Å². The van der Waals surface area contributed by atoms with E-state index in [4.69, 9.17) is 10.2 Å². The van der Waals surface area contributed by atoms with E-state index in [0.29, 0.717) is 23.7 Å². The fourth-order valence-corrected chi connectivity index (χ4v) is 6.79. The van der Waals surface area contributed by atoms with E-state index in [0.717, 1.165) is 4.86 Å². The van der Waals surface area contributed by atoms with Crippen LogP contribution in [0.3, 0.4) is 0 Å². The molecule has 0 aromatic rings. The number of rotatable bonds is 0. The molecule has 21 heavy (non-hydrogen) atoms. The van der Waals surface area contributed by atoms with Crippen LogP contribution in [0.1, 0.15) is 47.0 Å². The van der Waals surface area contributed by atoms with E-state index < -0.39 is 0 Å². The van der Waals surface area contributed by atoms with E-state index in [1.54, 1.807) is 0 Å². The zero-order valence-corrected chi connectivity index (χ0v) is 13.3. The van der Waals surface area contributed by atoms with Crippen LogP contribution in [0.5, 0.6) is 0 Å². The molecule has 3 fully saturated rings. The van der Waals surface area contributed by atoms with Crippen molar-refractivity contribution in [3.05, 3.63) is 5.21 Å². The van der Waals surface area contributed by atoms with E-state index >= 15 is 0 Å². The maximum atomic E-state index is 12.6. The first-order chi connectivity index (χ1) is 9.83. The fourth-order valence-electron chi connectivity index (χ4n) is 6.79. The lowest BCUT2D eigenvalue weighted by molar-refractivity contribution is -0.617. The van der Waals surface area contributed by atoms with Crippen LogP contribution < -0.4 is 0 Å². The van der Waals surface area contributed by atoms with Crippen LogP contribution in [-0.2, 0) is 0 Å². The molecule has 4 bridgehead atoms. The van der Waals surface area contributed by atoms with E-state index in [1.807, 2.05) is 0 Å². The molecular weight excluding hydrogens is 264 g/mol. The molecule has 0 saturated heterocycles. The standard InChI is InChI=1S/C16H24N4O/c1-14(2)15(3)10-11(16(14,4)19-18-15)13-9-7-5-6-8(9)12(10)17-20(13)21/h8-13H,5-7H2,1-4H3/t8-,9+,10+,11-,12-,13+,15-,16+/m0/s1.